The Balaban J connectivity index is 2.54. The third-order valence-electron chi connectivity index (χ3n) is 2.62. The minimum absolute atomic E-state index is 0.00397. The molecule has 0 amide bonds. The van der Waals surface area contributed by atoms with Gasteiger partial charge in [0.15, 0.2) is 5.78 Å². The standard InChI is InChI=1S/C9H15ClO2/c1-6-2-3-8(11)7(4-6)9(12)5-10/h6-8,11H,2-5H2,1H3/t6-,7+,8+/m1/s1. The number of aliphatic hydroxyl groups excluding tert-OH is 1. The van der Waals surface area contributed by atoms with E-state index in [0.29, 0.717) is 5.92 Å². The summed E-state index contributed by atoms with van der Waals surface area (Å²) in [7, 11) is 0. The predicted molar refractivity (Wildman–Crippen MR) is 48.2 cm³/mol. The van der Waals surface area contributed by atoms with Gasteiger partial charge in [0, 0.05) is 5.92 Å². The topological polar surface area (TPSA) is 37.3 Å². The number of hydrogen-bond acceptors (Lipinski definition) is 2. The maximum Gasteiger partial charge on any atom is 0.153 e. The first-order valence-electron chi connectivity index (χ1n) is 4.42. The summed E-state index contributed by atoms with van der Waals surface area (Å²) in [6, 6.07) is 0. The van der Waals surface area contributed by atoms with Crippen molar-refractivity contribution in [3.8, 4) is 0 Å². The Morgan fingerprint density at radius 1 is 1.58 bits per heavy atom. The van der Waals surface area contributed by atoms with Gasteiger partial charge in [-0.1, -0.05) is 6.92 Å². The largest absolute Gasteiger partial charge is 0.392 e. The second-order valence-corrected chi connectivity index (χ2v) is 3.96. The number of halogens is 1. The van der Waals surface area contributed by atoms with E-state index in [1.165, 1.54) is 0 Å². The molecule has 1 N–H and O–H groups in total. The van der Waals surface area contributed by atoms with Crippen LogP contribution in [0.1, 0.15) is 26.2 Å². The SMILES string of the molecule is C[C@@H]1CC[C@H](O)[C@@H](C(=O)CCl)C1. The molecule has 3 atom stereocenters. The van der Waals surface area contributed by atoms with E-state index in [0.717, 1.165) is 19.3 Å². The van der Waals surface area contributed by atoms with Crippen LogP contribution in [-0.2, 0) is 4.79 Å². The van der Waals surface area contributed by atoms with Crippen LogP contribution in [0.2, 0.25) is 0 Å². The molecule has 0 radical (unpaired) electrons. The number of Topliss-reactive ketones (excluding diaryl/α,β-unsaturated/α-hetero) is 1. The van der Waals surface area contributed by atoms with Crippen LogP contribution in [0.15, 0.2) is 0 Å². The van der Waals surface area contributed by atoms with Gasteiger partial charge in [-0.25, -0.2) is 0 Å². The number of rotatable bonds is 2. The average molecular weight is 191 g/mol. The Kier molecular flexibility index (Phi) is 3.53. The van der Waals surface area contributed by atoms with Crippen LogP contribution >= 0.6 is 11.6 Å². The molecule has 1 aliphatic rings. The third-order valence-corrected chi connectivity index (χ3v) is 2.88. The summed E-state index contributed by atoms with van der Waals surface area (Å²) in [6.45, 7) is 2.11. The molecule has 1 saturated carbocycles. The van der Waals surface area contributed by atoms with Gasteiger partial charge in [0.25, 0.3) is 0 Å². The molecule has 3 heteroatoms. The maximum absolute atomic E-state index is 11.2. The first kappa shape index (κ1) is 10.0. The van der Waals surface area contributed by atoms with E-state index in [9.17, 15) is 9.90 Å². The molecule has 0 aromatic heterocycles. The number of hydrogen-bond donors (Lipinski definition) is 1. The molecule has 0 aliphatic heterocycles. The summed E-state index contributed by atoms with van der Waals surface area (Å²) < 4.78 is 0. The highest BCUT2D eigenvalue weighted by atomic mass is 35.5. The highest BCUT2D eigenvalue weighted by Crippen LogP contribution is 2.29. The van der Waals surface area contributed by atoms with Crippen LogP contribution in [0.5, 0.6) is 0 Å². The molecule has 0 bridgehead atoms. The van der Waals surface area contributed by atoms with Crippen molar-refractivity contribution in [2.24, 2.45) is 11.8 Å². The van der Waals surface area contributed by atoms with Crippen molar-refractivity contribution in [1.82, 2.24) is 0 Å². The molecule has 12 heavy (non-hydrogen) atoms. The Labute approximate surface area is 77.9 Å². The van der Waals surface area contributed by atoms with Gasteiger partial charge < -0.3 is 5.11 Å². The molecule has 70 valence electrons. The lowest BCUT2D eigenvalue weighted by Crippen LogP contribution is -2.34. The van der Waals surface area contributed by atoms with Crippen molar-refractivity contribution < 1.29 is 9.90 Å². The van der Waals surface area contributed by atoms with Gasteiger partial charge in [0.2, 0.25) is 0 Å². The molecule has 1 rings (SSSR count). The lowest BCUT2D eigenvalue weighted by molar-refractivity contribution is -0.126. The van der Waals surface area contributed by atoms with Crippen molar-refractivity contribution in [2.45, 2.75) is 32.3 Å². The van der Waals surface area contributed by atoms with E-state index in [-0.39, 0.29) is 17.6 Å². The van der Waals surface area contributed by atoms with Crippen LogP contribution in [0.25, 0.3) is 0 Å². The smallest absolute Gasteiger partial charge is 0.153 e. The van der Waals surface area contributed by atoms with E-state index in [1.807, 2.05) is 0 Å². The van der Waals surface area contributed by atoms with Gasteiger partial charge in [-0.2, -0.15) is 0 Å². The fourth-order valence-electron chi connectivity index (χ4n) is 1.81. The second-order valence-electron chi connectivity index (χ2n) is 3.69. The Hall–Kier alpha value is -0.0800. The van der Waals surface area contributed by atoms with Crippen molar-refractivity contribution in [3.63, 3.8) is 0 Å². The quantitative estimate of drug-likeness (QED) is 0.672. The first-order chi connectivity index (χ1) is 5.65. The molecular formula is C9H15ClO2. The molecule has 1 fully saturated rings. The summed E-state index contributed by atoms with van der Waals surface area (Å²) in [5, 5.41) is 9.51. The summed E-state index contributed by atoms with van der Waals surface area (Å²) in [5.74, 6) is 0.376. The molecule has 0 heterocycles. The van der Waals surface area contributed by atoms with Crippen LogP contribution in [-0.4, -0.2) is 22.9 Å². The van der Waals surface area contributed by atoms with Crippen LogP contribution in [0, 0.1) is 11.8 Å². The number of alkyl halides is 1. The zero-order valence-corrected chi connectivity index (χ0v) is 8.05. The molecule has 2 nitrogen and oxygen atoms in total. The Morgan fingerprint density at radius 3 is 2.83 bits per heavy atom. The number of ketones is 1. The fraction of sp³-hybridized carbons (Fsp3) is 0.889. The van der Waals surface area contributed by atoms with Crippen molar-refractivity contribution >= 4 is 17.4 Å². The third kappa shape index (κ3) is 2.20. The molecule has 0 unspecified atom stereocenters. The van der Waals surface area contributed by atoms with E-state index in [4.69, 9.17) is 11.6 Å². The second kappa shape index (κ2) is 4.24. The number of carbonyl (C=O) groups is 1. The van der Waals surface area contributed by atoms with Crippen molar-refractivity contribution in [1.29, 1.82) is 0 Å². The highest BCUT2D eigenvalue weighted by Gasteiger charge is 2.31. The fourth-order valence-corrected chi connectivity index (χ4v) is 2.01. The van der Waals surface area contributed by atoms with E-state index >= 15 is 0 Å². The average Bonchev–Trinajstić information content (AvgIpc) is 2.08. The summed E-state index contributed by atoms with van der Waals surface area (Å²) in [6.07, 6.45) is 2.11. The zero-order chi connectivity index (χ0) is 9.14. The molecule has 0 spiro atoms. The van der Waals surface area contributed by atoms with Gasteiger partial charge in [-0.15, -0.1) is 11.6 Å². The Morgan fingerprint density at radius 2 is 2.25 bits per heavy atom. The van der Waals surface area contributed by atoms with Crippen LogP contribution < -0.4 is 0 Å². The normalized spacial score (nSPS) is 36.4. The first-order valence-corrected chi connectivity index (χ1v) is 4.95. The summed E-state index contributed by atoms with van der Waals surface area (Å²) in [5.41, 5.74) is 0. The summed E-state index contributed by atoms with van der Waals surface area (Å²) >= 11 is 5.44. The summed E-state index contributed by atoms with van der Waals surface area (Å²) in [4.78, 5) is 11.2. The molecule has 0 saturated heterocycles. The van der Waals surface area contributed by atoms with E-state index in [1.54, 1.807) is 0 Å². The number of carbonyl (C=O) groups excluding carboxylic acids is 1. The molecule has 0 aromatic carbocycles. The van der Waals surface area contributed by atoms with Gasteiger partial charge in [0.05, 0.1) is 12.0 Å². The van der Waals surface area contributed by atoms with Gasteiger partial charge in [0.1, 0.15) is 0 Å². The van der Waals surface area contributed by atoms with Gasteiger partial charge in [-0.3, -0.25) is 4.79 Å². The van der Waals surface area contributed by atoms with Crippen LogP contribution in [0.4, 0.5) is 0 Å². The molecule has 0 aromatic rings. The molecule has 1 aliphatic carbocycles. The van der Waals surface area contributed by atoms with E-state index in [2.05, 4.69) is 6.92 Å². The maximum atomic E-state index is 11.2. The monoisotopic (exact) mass is 190 g/mol. The van der Waals surface area contributed by atoms with Crippen molar-refractivity contribution in [2.75, 3.05) is 5.88 Å². The minimum Gasteiger partial charge on any atom is -0.392 e. The lowest BCUT2D eigenvalue weighted by atomic mass is 9.78. The zero-order valence-electron chi connectivity index (χ0n) is 7.29. The van der Waals surface area contributed by atoms with Gasteiger partial charge >= 0.3 is 0 Å². The lowest BCUT2D eigenvalue weighted by Gasteiger charge is -2.29. The Bertz CT molecular complexity index is 170. The van der Waals surface area contributed by atoms with E-state index < -0.39 is 6.10 Å². The molecular weight excluding hydrogens is 176 g/mol. The minimum atomic E-state index is -0.451. The highest BCUT2D eigenvalue weighted by molar-refractivity contribution is 6.27. The van der Waals surface area contributed by atoms with Crippen LogP contribution in [0.3, 0.4) is 0 Å². The van der Waals surface area contributed by atoms with Crippen molar-refractivity contribution in [3.05, 3.63) is 0 Å². The number of aliphatic hydroxyl groups is 1. The van der Waals surface area contributed by atoms with Gasteiger partial charge in [-0.05, 0) is 25.2 Å². The predicted octanol–water partition coefficient (Wildman–Crippen LogP) is 1.59.